The predicted octanol–water partition coefficient (Wildman–Crippen LogP) is 3.34. The summed E-state index contributed by atoms with van der Waals surface area (Å²) in [5.41, 5.74) is 2.64. The van der Waals surface area contributed by atoms with Gasteiger partial charge in [-0.2, -0.15) is 5.26 Å². The number of nitriles is 1. The number of unbranched alkanes of at least 4 members (excludes halogenated alkanes) is 2. The molecule has 1 aromatic rings. The number of nitrogens with zero attached hydrogens (tertiary/aromatic N) is 1. The molecular formula is C14H20N2. The molecule has 86 valence electrons. The summed E-state index contributed by atoms with van der Waals surface area (Å²) in [4.78, 5) is 0. The van der Waals surface area contributed by atoms with Crippen molar-refractivity contribution in [2.45, 2.75) is 39.2 Å². The highest BCUT2D eigenvalue weighted by molar-refractivity contribution is 5.24. The zero-order valence-electron chi connectivity index (χ0n) is 10.2. The highest BCUT2D eigenvalue weighted by Gasteiger charge is 2.03. The van der Waals surface area contributed by atoms with E-state index in [9.17, 15) is 0 Å². The molecule has 0 amide bonds. The normalized spacial score (nSPS) is 12.1. The topological polar surface area (TPSA) is 35.8 Å². The molecule has 0 unspecified atom stereocenters. The van der Waals surface area contributed by atoms with Crippen LogP contribution in [0.3, 0.4) is 0 Å². The van der Waals surface area contributed by atoms with Crippen LogP contribution in [0.4, 0.5) is 0 Å². The van der Waals surface area contributed by atoms with Gasteiger partial charge in [-0.3, -0.25) is 0 Å². The molecular weight excluding hydrogens is 196 g/mol. The fraction of sp³-hybridized carbons (Fsp3) is 0.500. The molecule has 16 heavy (non-hydrogen) atoms. The van der Waals surface area contributed by atoms with Gasteiger partial charge < -0.3 is 5.32 Å². The molecule has 0 spiro atoms. The van der Waals surface area contributed by atoms with Crippen LogP contribution in [0.5, 0.6) is 0 Å². The molecule has 1 rings (SSSR count). The van der Waals surface area contributed by atoms with E-state index >= 15 is 0 Å². The summed E-state index contributed by atoms with van der Waals surface area (Å²) in [6, 6.07) is 11.1. The Morgan fingerprint density at radius 1 is 1.38 bits per heavy atom. The van der Waals surface area contributed by atoms with Crippen molar-refractivity contribution in [3.63, 3.8) is 0 Å². The lowest BCUT2D eigenvalue weighted by Gasteiger charge is -2.14. The molecule has 0 fully saturated rings. The standard InChI is InChI=1S/C14H20N2/c1-12-7-6-8-14(11-12)13(2)16-10-5-3-4-9-15/h6-8,11,13,16H,3-5,10H2,1-2H3/t13-/m1/s1. The first-order valence-electron chi connectivity index (χ1n) is 5.91. The van der Waals surface area contributed by atoms with Crippen LogP contribution in [0.25, 0.3) is 0 Å². The third-order valence-corrected chi connectivity index (χ3v) is 2.71. The van der Waals surface area contributed by atoms with E-state index in [1.54, 1.807) is 0 Å². The average Bonchev–Trinajstić information content (AvgIpc) is 2.28. The van der Waals surface area contributed by atoms with E-state index in [-0.39, 0.29) is 0 Å². The maximum absolute atomic E-state index is 8.41. The average molecular weight is 216 g/mol. The van der Waals surface area contributed by atoms with E-state index in [0.717, 1.165) is 19.4 Å². The van der Waals surface area contributed by atoms with Gasteiger partial charge in [-0.15, -0.1) is 0 Å². The minimum Gasteiger partial charge on any atom is -0.310 e. The maximum Gasteiger partial charge on any atom is 0.0621 e. The van der Waals surface area contributed by atoms with E-state index in [4.69, 9.17) is 5.26 Å². The Hall–Kier alpha value is -1.33. The van der Waals surface area contributed by atoms with Gasteiger partial charge in [0, 0.05) is 12.5 Å². The number of nitrogens with one attached hydrogen (secondary N) is 1. The molecule has 1 atom stereocenters. The van der Waals surface area contributed by atoms with Crippen molar-refractivity contribution in [2.24, 2.45) is 0 Å². The quantitative estimate of drug-likeness (QED) is 0.740. The number of aryl methyl sites for hydroxylation is 1. The summed E-state index contributed by atoms with van der Waals surface area (Å²) in [5.74, 6) is 0. The van der Waals surface area contributed by atoms with E-state index < -0.39 is 0 Å². The molecule has 0 aliphatic carbocycles. The van der Waals surface area contributed by atoms with Crippen molar-refractivity contribution in [3.8, 4) is 6.07 Å². The van der Waals surface area contributed by atoms with Crippen LogP contribution < -0.4 is 5.32 Å². The number of rotatable bonds is 6. The zero-order valence-corrected chi connectivity index (χ0v) is 10.2. The van der Waals surface area contributed by atoms with Gasteiger partial charge in [-0.1, -0.05) is 29.8 Å². The molecule has 2 heteroatoms. The van der Waals surface area contributed by atoms with E-state index in [2.05, 4.69) is 49.5 Å². The number of benzene rings is 1. The smallest absolute Gasteiger partial charge is 0.0621 e. The fourth-order valence-electron chi connectivity index (χ4n) is 1.70. The second kappa shape index (κ2) is 7.03. The molecule has 0 bridgehead atoms. The lowest BCUT2D eigenvalue weighted by molar-refractivity contribution is 0.549. The lowest BCUT2D eigenvalue weighted by atomic mass is 10.1. The maximum atomic E-state index is 8.41. The summed E-state index contributed by atoms with van der Waals surface area (Å²) in [5, 5.41) is 11.9. The Labute approximate surface area is 98.3 Å². The van der Waals surface area contributed by atoms with Crippen LogP contribution in [0, 0.1) is 18.3 Å². The van der Waals surface area contributed by atoms with Crippen LogP contribution in [0.1, 0.15) is 43.4 Å². The van der Waals surface area contributed by atoms with Crippen LogP contribution in [-0.2, 0) is 0 Å². The predicted molar refractivity (Wildman–Crippen MR) is 67.1 cm³/mol. The van der Waals surface area contributed by atoms with Crippen molar-refractivity contribution in [3.05, 3.63) is 35.4 Å². The molecule has 0 aromatic heterocycles. The van der Waals surface area contributed by atoms with Crippen molar-refractivity contribution >= 4 is 0 Å². The summed E-state index contributed by atoms with van der Waals surface area (Å²) >= 11 is 0. The molecule has 0 heterocycles. The molecule has 1 aromatic carbocycles. The Kier molecular flexibility index (Phi) is 5.60. The van der Waals surface area contributed by atoms with Crippen molar-refractivity contribution in [1.82, 2.24) is 5.32 Å². The monoisotopic (exact) mass is 216 g/mol. The Morgan fingerprint density at radius 3 is 2.88 bits per heavy atom. The highest BCUT2D eigenvalue weighted by atomic mass is 14.9. The second-order valence-corrected chi connectivity index (χ2v) is 4.21. The molecule has 2 nitrogen and oxygen atoms in total. The van der Waals surface area contributed by atoms with Gasteiger partial charge in [0.1, 0.15) is 0 Å². The molecule has 0 aliphatic rings. The third kappa shape index (κ3) is 4.46. The minimum atomic E-state index is 0.391. The van der Waals surface area contributed by atoms with Gasteiger partial charge in [0.25, 0.3) is 0 Å². The fourth-order valence-corrected chi connectivity index (χ4v) is 1.70. The molecule has 0 aliphatic heterocycles. The van der Waals surface area contributed by atoms with Gasteiger partial charge >= 0.3 is 0 Å². The summed E-state index contributed by atoms with van der Waals surface area (Å²) in [6.07, 6.45) is 2.73. The van der Waals surface area contributed by atoms with Gasteiger partial charge in [-0.25, -0.2) is 0 Å². The Morgan fingerprint density at radius 2 is 2.19 bits per heavy atom. The van der Waals surface area contributed by atoms with E-state index in [1.807, 2.05) is 0 Å². The van der Waals surface area contributed by atoms with Gasteiger partial charge in [-0.05, 0) is 38.8 Å². The summed E-state index contributed by atoms with van der Waals surface area (Å²) in [7, 11) is 0. The van der Waals surface area contributed by atoms with Crippen LogP contribution in [0.2, 0.25) is 0 Å². The van der Waals surface area contributed by atoms with Gasteiger partial charge in [0.2, 0.25) is 0 Å². The lowest BCUT2D eigenvalue weighted by Crippen LogP contribution is -2.19. The summed E-state index contributed by atoms with van der Waals surface area (Å²) in [6.45, 7) is 5.28. The van der Waals surface area contributed by atoms with Crippen LogP contribution in [-0.4, -0.2) is 6.54 Å². The van der Waals surface area contributed by atoms with Crippen LogP contribution in [0.15, 0.2) is 24.3 Å². The molecule has 1 N–H and O–H groups in total. The van der Waals surface area contributed by atoms with Crippen molar-refractivity contribution in [2.75, 3.05) is 6.54 Å². The third-order valence-electron chi connectivity index (χ3n) is 2.71. The van der Waals surface area contributed by atoms with E-state index in [0.29, 0.717) is 12.5 Å². The first-order valence-corrected chi connectivity index (χ1v) is 5.91. The van der Waals surface area contributed by atoms with Crippen LogP contribution >= 0.6 is 0 Å². The number of hydrogen-bond donors (Lipinski definition) is 1. The second-order valence-electron chi connectivity index (χ2n) is 4.21. The molecule has 0 saturated heterocycles. The SMILES string of the molecule is Cc1cccc([C@@H](C)NCCCCC#N)c1. The summed E-state index contributed by atoms with van der Waals surface area (Å²) < 4.78 is 0. The largest absolute Gasteiger partial charge is 0.310 e. The van der Waals surface area contributed by atoms with Gasteiger partial charge in [0.05, 0.1) is 6.07 Å². The Bertz CT molecular complexity index is 352. The molecule has 0 saturated carbocycles. The van der Waals surface area contributed by atoms with Crippen molar-refractivity contribution in [1.29, 1.82) is 5.26 Å². The van der Waals surface area contributed by atoms with Gasteiger partial charge in [0.15, 0.2) is 0 Å². The highest BCUT2D eigenvalue weighted by Crippen LogP contribution is 2.13. The van der Waals surface area contributed by atoms with Crippen molar-refractivity contribution < 1.29 is 0 Å². The molecule has 0 radical (unpaired) electrons. The minimum absolute atomic E-state index is 0.391. The first kappa shape index (κ1) is 12.7. The zero-order chi connectivity index (χ0) is 11.8. The van der Waals surface area contributed by atoms with E-state index in [1.165, 1.54) is 11.1 Å². The first-order chi connectivity index (χ1) is 7.74. The number of hydrogen-bond acceptors (Lipinski definition) is 2. The Balaban J connectivity index is 2.30.